The van der Waals surface area contributed by atoms with Gasteiger partial charge in [-0.05, 0) is 24.5 Å². The standard InChI is InChI=1S/C23H23N5OS/c1-27(2)22(29)20(15-8-4-3-5-9-15)30-23-26-25-21(28(23)16-12-13-16)18-14-24-19-11-7-6-10-17(18)19/h3-11,14,16,20,24H,12-13H2,1-2H3/t20-/m0/s1. The zero-order valence-electron chi connectivity index (χ0n) is 16.9. The second kappa shape index (κ2) is 7.65. The second-order valence-corrected chi connectivity index (χ2v) is 8.87. The minimum Gasteiger partial charge on any atom is -0.360 e. The van der Waals surface area contributed by atoms with Crippen molar-refractivity contribution in [2.75, 3.05) is 14.1 Å². The first kappa shape index (κ1) is 18.9. The molecule has 1 atom stereocenters. The van der Waals surface area contributed by atoms with E-state index in [9.17, 15) is 4.79 Å². The molecule has 0 unspecified atom stereocenters. The highest BCUT2D eigenvalue weighted by atomic mass is 32.2. The normalized spacial score (nSPS) is 14.7. The van der Waals surface area contributed by atoms with Gasteiger partial charge in [-0.15, -0.1) is 10.2 Å². The topological polar surface area (TPSA) is 66.8 Å². The van der Waals surface area contributed by atoms with Crippen LogP contribution in [0.1, 0.15) is 29.7 Å². The molecule has 30 heavy (non-hydrogen) atoms. The van der Waals surface area contributed by atoms with Gasteiger partial charge in [0.05, 0.1) is 0 Å². The number of rotatable bonds is 6. The summed E-state index contributed by atoms with van der Waals surface area (Å²) in [5.74, 6) is 0.909. The minimum atomic E-state index is -0.362. The highest BCUT2D eigenvalue weighted by Gasteiger charge is 2.33. The molecule has 0 spiro atoms. The summed E-state index contributed by atoms with van der Waals surface area (Å²) >= 11 is 1.48. The number of nitrogens with one attached hydrogen (secondary N) is 1. The summed E-state index contributed by atoms with van der Waals surface area (Å²) in [6.45, 7) is 0. The number of para-hydroxylation sites is 1. The number of benzene rings is 2. The fourth-order valence-electron chi connectivity index (χ4n) is 3.69. The minimum absolute atomic E-state index is 0.0465. The van der Waals surface area contributed by atoms with E-state index in [1.807, 2.05) is 48.7 Å². The van der Waals surface area contributed by atoms with E-state index in [-0.39, 0.29) is 11.2 Å². The predicted molar refractivity (Wildman–Crippen MR) is 119 cm³/mol. The molecule has 5 rings (SSSR count). The van der Waals surface area contributed by atoms with Gasteiger partial charge in [0.25, 0.3) is 0 Å². The first-order chi connectivity index (χ1) is 14.6. The molecule has 1 aliphatic carbocycles. The Hall–Kier alpha value is -3.06. The maximum absolute atomic E-state index is 13.0. The van der Waals surface area contributed by atoms with Gasteiger partial charge in [0, 0.05) is 42.8 Å². The average Bonchev–Trinajstić information content (AvgIpc) is 3.38. The van der Waals surface area contributed by atoms with Crippen molar-refractivity contribution in [1.82, 2.24) is 24.6 Å². The van der Waals surface area contributed by atoms with E-state index in [1.54, 1.807) is 19.0 Å². The van der Waals surface area contributed by atoms with Crippen LogP contribution in [0.25, 0.3) is 22.3 Å². The molecule has 0 saturated heterocycles. The van der Waals surface area contributed by atoms with Crippen LogP contribution in [0.3, 0.4) is 0 Å². The van der Waals surface area contributed by atoms with Gasteiger partial charge in [0.1, 0.15) is 5.25 Å². The number of hydrogen-bond donors (Lipinski definition) is 1. The van der Waals surface area contributed by atoms with Crippen LogP contribution in [0, 0.1) is 0 Å². The Morgan fingerprint density at radius 2 is 1.83 bits per heavy atom. The van der Waals surface area contributed by atoms with Crippen LogP contribution >= 0.6 is 11.8 Å². The Labute approximate surface area is 179 Å². The fourth-order valence-corrected chi connectivity index (χ4v) is 4.94. The molecule has 1 fully saturated rings. The summed E-state index contributed by atoms with van der Waals surface area (Å²) < 4.78 is 2.22. The van der Waals surface area contributed by atoms with E-state index in [0.717, 1.165) is 45.9 Å². The molecule has 2 heterocycles. The van der Waals surface area contributed by atoms with Crippen molar-refractivity contribution >= 4 is 28.6 Å². The molecular weight excluding hydrogens is 394 g/mol. The third-order valence-electron chi connectivity index (χ3n) is 5.40. The molecular formula is C23H23N5OS. The Morgan fingerprint density at radius 1 is 1.10 bits per heavy atom. The van der Waals surface area contributed by atoms with E-state index in [4.69, 9.17) is 0 Å². The van der Waals surface area contributed by atoms with Gasteiger partial charge >= 0.3 is 0 Å². The van der Waals surface area contributed by atoms with Gasteiger partial charge < -0.3 is 9.88 Å². The van der Waals surface area contributed by atoms with Gasteiger partial charge in [0.15, 0.2) is 11.0 Å². The highest BCUT2D eigenvalue weighted by molar-refractivity contribution is 8.00. The van der Waals surface area contributed by atoms with Crippen LogP contribution < -0.4 is 0 Å². The maximum atomic E-state index is 13.0. The highest BCUT2D eigenvalue weighted by Crippen LogP contribution is 2.45. The van der Waals surface area contributed by atoms with Crippen LogP contribution in [0.4, 0.5) is 0 Å². The predicted octanol–water partition coefficient (Wildman–Crippen LogP) is 4.68. The number of carbonyl (C=O) groups is 1. The summed E-state index contributed by atoms with van der Waals surface area (Å²) in [4.78, 5) is 18.0. The Kier molecular flexibility index (Phi) is 4.83. The average molecular weight is 418 g/mol. The number of amides is 1. The van der Waals surface area contributed by atoms with E-state index in [1.165, 1.54) is 11.8 Å². The molecule has 7 heteroatoms. The number of hydrogen-bond acceptors (Lipinski definition) is 4. The quantitative estimate of drug-likeness (QED) is 0.463. The Balaban J connectivity index is 1.57. The van der Waals surface area contributed by atoms with Crippen LogP contribution in [-0.4, -0.2) is 44.7 Å². The van der Waals surface area contributed by atoms with Crippen molar-refractivity contribution in [3.05, 3.63) is 66.4 Å². The SMILES string of the molecule is CN(C)C(=O)[C@@H](Sc1nnc(-c2c[nH]c3ccccc23)n1C1CC1)c1ccccc1. The van der Waals surface area contributed by atoms with Crippen molar-refractivity contribution in [1.29, 1.82) is 0 Å². The molecule has 0 radical (unpaired) electrons. The molecule has 1 amide bonds. The molecule has 4 aromatic rings. The largest absolute Gasteiger partial charge is 0.360 e. The second-order valence-electron chi connectivity index (χ2n) is 7.80. The zero-order valence-corrected chi connectivity index (χ0v) is 17.8. The lowest BCUT2D eigenvalue weighted by molar-refractivity contribution is -0.128. The van der Waals surface area contributed by atoms with E-state index >= 15 is 0 Å². The number of likely N-dealkylation sites (N-methyl/N-ethyl adjacent to an activating group) is 1. The number of carbonyl (C=O) groups excluding carboxylic acids is 1. The summed E-state index contributed by atoms with van der Waals surface area (Å²) in [5, 5.41) is 10.7. The fraction of sp³-hybridized carbons (Fsp3) is 0.261. The summed E-state index contributed by atoms with van der Waals surface area (Å²) in [6.07, 6.45) is 4.22. The van der Waals surface area contributed by atoms with E-state index in [0.29, 0.717) is 6.04 Å². The molecule has 1 N–H and O–H groups in total. The smallest absolute Gasteiger partial charge is 0.240 e. The van der Waals surface area contributed by atoms with Gasteiger partial charge in [-0.25, -0.2) is 0 Å². The van der Waals surface area contributed by atoms with Crippen LogP contribution in [0.15, 0.2) is 66.0 Å². The molecule has 6 nitrogen and oxygen atoms in total. The molecule has 1 aliphatic rings. The van der Waals surface area contributed by atoms with Gasteiger partial charge in [-0.3, -0.25) is 9.36 Å². The van der Waals surface area contributed by atoms with E-state index in [2.05, 4.69) is 31.9 Å². The van der Waals surface area contributed by atoms with Crippen LogP contribution in [-0.2, 0) is 4.79 Å². The number of aromatic amines is 1. The van der Waals surface area contributed by atoms with Gasteiger partial charge in [0.2, 0.25) is 5.91 Å². The third kappa shape index (κ3) is 3.39. The van der Waals surface area contributed by atoms with Gasteiger partial charge in [-0.2, -0.15) is 0 Å². The Morgan fingerprint density at radius 3 is 2.57 bits per heavy atom. The summed E-state index contributed by atoms with van der Waals surface area (Å²) in [6, 6.07) is 18.5. The zero-order chi connectivity index (χ0) is 20.7. The molecule has 2 aromatic carbocycles. The van der Waals surface area contributed by atoms with Crippen molar-refractivity contribution in [2.45, 2.75) is 29.3 Å². The van der Waals surface area contributed by atoms with Crippen molar-refractivity contribution in [3.63, 3.8) is 0 Å². The van der Waals surface area contributed by atoms with Crippen LogP contribution in [0.2, 0.25) is 0 Å². The van der Waals surface area contributed by atoms with Crippen molar-refractivity contribution in [3.8, 4) is 11.4 Å². The molecule has 1 saturated carbocycles. The summed E-state index contributed by atoms with van der Waals surface area (Å²) in [7, 11) is 3.59. The van der Waals surface area contributed by atoms with E-state index < -0.39 is 0 Å². The Bertz CT molecular complexity index is 1190. The number of nitrogens with zero attached hydrogens (tertiary/aromatic N) is 4. The number of fused-ring (bicyclic) bond motifs is 1. The summed E-state index contributed by atoms with van der Waals surface area (Å²) in [5.41, 5.74) is 3.10. The van der Waals surface area contributed by atoms with Crippen molar-refractivity contribution in [2.24, 2.45) is 0 Å². The monoisotopic (exact) mass is 417 g/mol. The van der Waals surface area contributed by atoms with Gasteiger partial charge in [-0.1, -0.05) is 60.3 Å². The molecule has 0 aliphatic heterocycles. The molecule has 2 aromatic heterocycles. The number of aromatic nitrogens is 4. The lowest BCUT2D eigenvalue weighted by Crippen LogP contribution is -2.27. The molecule has 0 bridgehead atoms. The third-order valence-corrected chi connectivity index (χ3v) is 6.60. The lowest BCUT2D eigenvalue weighted by atomic mass is 10.1. The first-order valence-electron chi connectivity index (χ1n) is 10.1. The van der Waals surface area contributed by atoms with Crippen molar-refractivity contribution < 1.29 is 4.79 Å². The number of thioether (sulfide) groups is 1. The lowest BCUT2D eigenvalue weighted by Gasteiger charge is -2.20. The number of H-pyrrole nitrogens is 1. The van der Waals surface area contributed by atoms with Crippen LogP contribution in [0.5, 0.6) is 0 Å². The maximum Gasteiger partial charge on any atom is 0.240 e. The first-order valence-corrected chi connectivity index (χ1v) is 11.0. The molecule has 152 valence electrons.